The maximum atomic E-state index is 12.0. The number of primary amides is 1. The van der Waals surface area contributed by atoms with Crippen LogP contribution in [0.1, 0.15) is 29.8 Å². The van der Waals surface area contributed by atoms with E-state index in [1.807, 2.05) is 6.07 Å². The molecule has 1 aromatic heterocycles. The molecule has 0 saturated carbocycles. The summed E-state index contributed by atoms with van der Waals surface area (Å²) in [6.45, 7) is 2.28. The van der Waals surface area contributed by atoms with Gasteiger partial charge in [0.15, 0.2) is 5.78 Å². The van der Waals surface area contributed by atoms with Gasteiger partial charge in [0.05, 0.1) is 5.69 Å². The van der Waals surface area contributed by atoms with Gasteiger partial charge in [0.2, 0.25) is 0 Å². The molecule has 19 heavy (non-hydrogen) atoms. The summed E-state index contributed by atoms with van der Waals surface area (Å²) in [5.41, 5.74) is 6.23. The second-order valence-electron chi connectivity index (χ2n) is 4.89. The number of nitrogens with zero attached hydrogens (tertiary/aromatic N) is 3. The SMILES string of the molecule is NC(=O)N1CCC(=O)c2nc(N3CCCC3)ccc21. The van der Waals surface area contributed by atoms with Crippen LogP contribution in [0, 0.1) is 0 Å². The van der Waals surface area contributed by atoms with Crippen molar-refractivity contribution in [2.75, 3.05) is 29.4 Å². The molecule has 0 spiro atoms. The third-order valence-electron chi connectivity index (χ3n) is 3.67. The van der Waals surface area contributed by atoms with Crippen LogP contribution in [0.4, 0.5) is 16.3 Å². The molecule has 100 valence electrons. The molecule has 2 N–H and O–H groups in total. The molecule has 0 aliphatic carbocycles. The van der Waals surface area contributed by atoms with Gasteiger partial charge in [-0.3, -0.25) is 9.69 Å². The van der Waals surface area contributed by atoms with E-state index in [4.69, 9.17) is 5.73 Å². The Morgan fingerprint density at radius 1 is 1.21 bits per heavy atom. The molecule has 2 aliphatic rings. The van der Waals surface area contributed by atoms with Crippen molar-refractivity contribution in [2.45, 2.75) is 19.3 Å². The lowest BCUT2D eigenvalue weighted by Crippen LogP contribution is -2.41. The highest BCUT2D eigenvalue weighted by atomic mass is 16.2. The lowest BCUT2D eigenvalue weighted by Gasteiger charge is -2.27. The molecule has 3 heterocycles. The number of aromatic nitrogens is 1. The van der Waals surface area contributed by atoms with Gasteiger partial charge in [0, 0.05) is 26.1 Å². The van der Waals surface area contributed by atoms with Crippen molar-refractivity contribution in [1.29, 1.82) is 0 Å². The minimum atomic E-state index is -0.538. The third-order valence-corrected chi connectivity index (χ3v) is 3.67. The average molecular weight is 260 g/mol. The van der Waals surface area contributed by atoms with Crippen molar-refractivity contribution < 1.29 is 9.59 Å². The molecule has 3 rings (SSSR count). The van der Waals surface area contributed by atoms with Crippen LogP contribution in [0.3, 0.4) is 0 Å². The Balaban J connectivity index is 2.00. The fourth-order valence-electron chi connectivity index (χ4n) is 2.67. The van der Waals surface area contributed by atoms with Crippen LogP contribution in [0.15, 0.2) is 12.1 Å². The van der Waals surface area contributed by atoms with Gasteiger partial charge < -0.3 is 10.6 Å². The van der Waals surface area contributed by atoms with Crippen LogP contribution < -0.4 is 15.5 Å². The topological polar surface area (TPSA) is 79.5 Å². The Kier molecular flexibility index (Phi) is 2.85. The zero-order chi connectivity index (χ0) is 13.4. The van der Waals surface area contributed by atoms with Gasteiger partial charge in [0.1, 0.15) is 11.5 Å². The zero-order valence-corrected chi connectivity index (χ0v) is 10.6. The maximum Gasteiger partial charge on any atom is 0.319 e. The fourth-order valence-corrected chi connectivity index (χ4v) is 2.67. The number of amides is 2. The summed E-state index contributed by atoms with van der Waals surface area (Å²) in [4.78, 5) is 31.3. The molecule has 0 bridgehead atoms. The quantitative estimate of drug-likeness (QED) is 0.821. The number of ketones is 1. The summed E-state index contributed by atoms with van der Waals surface area (Å²) in [5.74, 6) is 0.796. The predicted octanol–water partition coefficient (Wildman–Crippen LogP) is 1.15. The second-order valence-corrected chi connectivity index (χ2v) is 4.89. The van der Waals surface area contributed by atoms with E-state index in [1.165, 1.54) is 4.90 Å². The maximum absolute atomic E-state index is 12.0. The van der Waals surface area contributed by atoms with E-state index in [0.29, 0.717) is 17.9 Å². The van der Waals surface area contributed by atoms with Crippen molar-refractivity contribution >= 4 is 23.3 Å². The zero-order valence-electron chi connectivity index (χ0n) is 10.6. The van der Waals surface area contributed by atoms with Crippen LogP contribution in [0.25, 0.3) is 0 Å². The second kappa shape index (κ2) is 4.53. The van der Waals surface area contributed by atoms with E-state index >= 15 is 0 Å². The van der Waals surface area contributed by atoms with Gasteiger partial charge in [-0.2, -0.15) is 0 Å². The summed E-state index contributed by atoms with van der Waals surface area (Å²) in [6.07, 6.45) is 2.59. The Morgan fingerprint density at radius 2 is 1.95 bits per heavy atom. The minimum Gasteiger partial charge on any atom is -0.357 e. The van der Waals surface area contributed by atoms with Crippen molar-refractivity contribution in [3.05, 3.63) is 17.8 Å². The molecule has 0 unspecified atom stereocenters. The largest absolute Gasteiger partial charge is 0.357 e. The van der Waals surface area contributed by atoms with Gasteiger partial charge in [-0.05, 0) is 25.0 Å². The first-order valence-electron chi connectivity index (χ1n) is 6.53. The Hall–Kier alpha value is -2.11. The lowest BCUT2D eigenvalue weighted by molar-refractivity contribution is 0.0976. The molecule has 6 nitrogen and oxygen atoms in total. The minimum absolute atomic E-state index is 0.0199. The van der Waals surface area contributed by atoms with Gasteiger partial charge in [-0.15, -0.1) is 0 Å². The summed E-state index contributed by atoms with van der Waals surface area (Å²) in [5, 5.41) is 0. The molecule has 2 amide bonds. The number of hydrogen-bond acceptors (Lipinski definition) is 4. The molecular formula is C13H16N4O2. The summed E-state index contributed by atoms with van der Waals surface area (Å²) >= 11 is 0. The Labute approximate surface area is 111 Å². The first-order chi connectivity index (χ1) is 9.16. The van der Waals surface area contributed by atoms with Crippen molar-refractivity contribution in [1.82, 2.24) is 4.98 Å². The molecule has 0 atom stereocenters. The molecular weight excluding hydrogens is 244 g/mol. The summed E-state index contributed by atoms with van der Waals surface area (Å²) in [7, 11) is 0. The van der Waals surface area contributed by atoms with Crippen LogP contribution >= 0.6 is 0 Å². The van der Waals surface area contributed by atoms with Gasteiger partial charge in [0.25, 0.3) is 0 Å². The number of Topliss-reactive ketones (excluding diaryl/α,β-unsaturated/α-hetero) is 1. The van der Waals surface area contributed by atoms with Crippen LogP contribution in [0.5, 0.6) is 0 Å². The molecule has 6 heteroatoms. The molecule has 1 fully saturated rings. The fraction of sp³-hybridized carbons (Fsp3) is 0.462. The lowest BCUT2D eigenvalue weighted by atomic mass is 10.1. The van der Waals surface area contributed by atoms with E-state index in [0.717, 1.165) is 31.7 Å². The molecule has 0 aromatic carbocycles. The van der Waals surface area contributed by atoms with Gasteiger partial charge >= 0.3 is 6.03 Å². The van der Waals surface area contributed by atoms with Crippen molar-refractivity contribution in [3.8, 4) is 0 Å². The van der Waals surface area contributed by atoms with Crippen LogP contribution in [-0.4, -0.2) is 36.4 Å². The van der Waals surface area contributed by atoms with Crippen molar-refractivity contribution in [3.63, 3.8) is 0 Å². The average Bonchev–Trinajstić information content (AvgIpc) is 2.92. The van der Waals surface area contributed by atoms with E-state index in [-0.39, 0.29) is 12.2 Å². The smallest absolute Gasteiger partial charge is 0.319 e. The van der Waals surface area contributed by atoms with E-state index in [2.05, 4.69) is 9.88 Å². The Bertz CT molecular complexity index is 537. The van der Waals surface area contributed by atoms with E-state index < -0.39 is 6.03 Å². The van der Waals surface area contributed by atoms with Crippen LogP contribution in [-0.2, 0) is 0 Å². The monoisotopic (exact) mass is 260 g/mol. The predicted molar refractivity (Wildman–Crippen MR) is 71.6 cm³/mol. The summed E-state index contributed by atoms with van der Waals surface area (Å²) < 4.78 is 0. The number of fused-ring (bicyclic) bond motifs is 1. The van der Waals surface area contributed by atoms with Gasteiger partial charge in [-0.1, -0.05) is 0 Å². The number of carbonyl (C=O) groups excluding carboxylic acids is 2. The van der Waals surface area contributed by atoms with E-state index in [9.17, 15) is 9.59 Å². The number of nitrogens with two attached hydrogens (primary N) is 1. The third kappa shape index (κ3) is 2.03. The van der Waals surface area contributed by atoms with Gasteiger partial charge in [-0.25, -0.2) is 9.78 Å². The first kappa shape index (κ1) is 12.0. The summed E-state index contributed by atoms with van der Waals surface area (Å²) in [6, 6.07) is 3.10. The normalized spacial score (nSPS) is 18.6. The molecule has 1 saturated heterocycles. The first-order valence-corrected chi connectivity index (χ1v) is 6.53. The molecule has 1 aromatic rings. The van der Waals surface area contributed by atoms with Crippen molar-refractivity contribution in [2.24, 2.45) is 5.73 Å². The number of hydrogen-bond donors (Lipinski definition) is 1. The Morgan fingerprint density at radius 3 is 2.63 bits per heavy atom. The standard InChI is InChI=1S/C13H16N4O2/c14-13(19)17-8-5-10(18)12-9(17)3-4-11(15-12)16-6-1-2-7-16/h3-4H,1-2,5-8H2,(H2,14,19). The highest BCUT2D eigenvalue weighted by Gasteiger charge is 2.28. The highest BCUT2D eigenvalue weighted by molar-refractivity contribution is 6.07. The number of rotatable bonds is 1. The molecule has 0 radical (unpaired) electrons. The number of pyridine rings is 1. The number of anilines is 2. The van der Waals surface area contributed by atoms with E-state index in [1.54, 1.807) is 6.07 Å². The highest BCUT2D eigenvalue weighted by Crippen LogP contribution is 2.29. The number of carbonyl (C=O) groups is 2. The molecule has 2 aliphatic heterocycles. The number of urea groups is 1. The van der Waals surface area contributed by atoms with Crippen LogP contribution in [0.2, 0.25) is 0 Å².